The van der Waals surface area contributed by atoms with Crippen molar-refractivity contribution in [2.75, 3.05) is 0 Å². The predicted octanol–water partition coefficient (Wildman–Crippen LogP) is 3.88. The van der Waals surface area contributed by atoms with E-state index < -0.39 is 16.8 Å². The van der Waals surface area contributed by atoms with Crippen LogP contribution in [0.5, 0.6) is 0 Å². The zero-order valence-corrected chi connectivity index (χ0v) is 14.5. The number of nitro groups is 1. The molecule has 1 N–H and O–H groups in total. The van der Waals surface area contributed by atoms with Crippen molar-refractivity contribution in [1.82, 2.24) is 9.97 Å². The van der Waals surface area contributed by atoms with E-state index in [1.165, 1.54) is 12.1 Å². The third kappa shape index (κ3) is 2.26. The van der Waals surface area contributed by atoms with Crippen LogP contribution >= 0.6 is 0 Å². The van der Waals surface area contributed by atoms with Gasteiger partial charge in [0.2, 0.25) is 0 Å². The molecule has 0 spiro atoms. The number of aromatic amines is 1. The van der Waals surface area contributed by atoms with Crippen LogP contribution in [0.1, 0.15) is 20.7 Å². The number of nitrogens with zero attached hydrogens (tertiary/aromatic N) is 2. The maximum Gasteiger partial charge on any atom is 0.269 e. The molecule has 0 fully saturated rings. The standard InChI is InChI=1S/C21H13N3O4/c25-19-13-3-1-2-4-14(13)20(26)17-15(19)9-10-16-18(17)23-21(22-16)11-5-7-12(8-6-11)24(27)28/h1-10,13-14H,(H,22,23). The Morgan fingerprint density at radius 3 is 2.29 bits per heavy atom. The maximum absolute atomic E-state index is 13.1. The summed E-state index contributed by atoms with van der Waals surface area (Å²) >= 11 is 0. The first-order chi connectivity index (χ1) is 13.5. The fourth-order valence-corrected chi connectivity index (χ4v) is 3.86. The number of carbonyl (C=O) groups excluding carboxylic acids is 2. The van der Waals surface area contributed by atoms with Gasteiger partial charge in [-0.15, -0.1) is 0 Å². The Morgan fingerprint density at radius 1 is 0.929 bits per heavy atom. The molecule has 0 amide bonds. The smallest absolute Gasteiger partial charge is 0.269 e. The molecule has 136 valence electrons. The first kappa shape index (κ1) is 16.3. The third-order valence-electron chi connectivity index (χ3n) is 5.26. The van der Waals surface area contributed by atoms with Crippen LogP contribution in [-0.2, 0) is 0 Å². The van der Waals surface area contributed by atoms with Gasteiger partial charge in [-0.25, -0.2) is 4.98 Å². The largest absolute Gasteiger partial charge is 0.338 e. The van der Waals surface area contributed by atoms with Crippen LogP contribution in [-0.4, -0.2) is 26.5 Å². The van der Waals surface area contributed by atoms with Crippen molar-refractivity contribution in [3.63, 3.8) is 0 Å². The highest BCUT2D eigenvalue weighted by Gasteiger charge is 2.40. The number of fused-ring (bicyclic) bond motifs is 4. The summed E-state index contributed by atoms with van der Waals surface area (Å²) in [6.07, 6.45) is 7.10. The number of H-pyrrole nitrogens is 1. The van der Waals surface area contributed by atoms with E-state index in [4.69, 9.17) is 0 Å². The summed E-state index contributed by atoms with van der Waals surface area (Å²) in [4.78, 5) is 44.1. The number of aromatic nitrogens is 2. The van der Waals surface area contributed by atoms with Gasteiger partial charge in [0, 0.05) is 23.3 Å². The average Bonchev–Trinajstić information content (AvgIpc) is 3.16. The molecule has 28 heavy (non-hydrogen) atoms. The summed E-state index contributed by atoms with van der Waals surface area (Å²) in [5.41, 5.74) is 2.46. The SMILES string of the molecule is O=C1c2ccc3[nH]c(-c4ccc([N+](=O)[O-])cc4)nc3c2C(=O)C2C=CC=CC12. The topological polar surface area (TPSA) is 106 Å². The Morgan fingerprint density at radius 2 is 1.61 bits per heavy atom. The summed E-state index contributed by atoms with van der Waals surface area (Å²) in [5.74, 6) is -0.681. The van der Waals surface area contributed by atoms with Crippen LogP contribution < -0.4 is 0 Å². The molecule has 2 atom stereocenters. The van der Waals surface area contributed by atoms with Crippen LogP contribution in [0, 0.1) is 22.0 Å². The molecular weight excluding hydrogens is 358 g/mol. The molecule has 1 aromatic heterocycles. The summed E-state index contributed by atoms with van der Waals surface area (Å²) in [7, 11) is 0. The van der Waals surface area contributed by atoms with Crippen LogP contribution in [0.3, 0.4) is 0 Å². The monoisotopic (exact) mass is 371 g/mol. The number of Topliss-reactive ketones (excluding diaryl/α,β-unsaturated/α-hetero) is 2. The van der Waals surface area contributed by atoms with Gasteiger partial charge in [0.25, 0.3) is 5.69 Å². The Hall–Kier alpha value is -3.87. The van der Waals surface area contributed by atoms with Gasteiger partial charge in [-0.1, -0.05) is 24.3 Å². The van der Waals surface area contributed by atoms with Crippen molar-refractivity contribution < 1.29 is 14.5 Å². The van der Waals surface area contributed by atoms with Crippen molar-refractivity contribution >= 4 is 28.3 Å². The van der Waals surface area contributed by atoms with E-state index in [1.807, 2.05) is 0 Å². The number of hydrogen-bond donors (Lipinski definition) is 1. The van der Waals surface area contributed by atoms with Crippen molar-refractivity contribution in [1.29, 1.82) is 0 Å². The number of carbonyl (C=O) groups is 2. The summed E-state index contributed by atoms with van der Waals surface area (Å²) in [5, 5.41) is 10.8. The Labute approximate surface area is 158 Å². The summed E-state index contributed by atoms with van der Waals surface area (Å²) in [6, 6.07) is 9.40. The first-order valence-corrected chi connectivity index (χ1v) is 8.75. The van der Waals surface area contributed by atoms with Crippen molar-refractivity contribution in [3.8, 4) is 11.4 Å². The lowest BCUT2D eigenvalue weighted by Crippen LogP contribution is -2.35. The number of allylic oxidation sites excluding steroid dienone is 4. The highest BCUT2D eigenvalue weighted by atomic mass is 16.6. The predicted molar refractivity (Wildman–Crippen MR) is 102 cm³/mol. The zero-order chi connectivity index (χ0) is 19.4. The van der Waals surface area contributed by atoms with E-state index in [2.05, 4.69) is 9.97 Å². The highest BCUT2D eigenvalue weighted by molar-refractivity contribution is 6.22. The fourth-order valence-electron chi connectivity index (χ4n) is 3.86. The Bertz CT molecular complexity index is 1230. The highest BCUT2D eigenvalue weighted by Crippen LogP contribution is 2.37. The molecule has 5 rings (SSSR count). The van der Waals surface area contributed by atoms with Crippen molar-refractivity contribution in [2.24, 2.45) is 11.8 Å². The number of nitro benzene ring substituents is 1. The van der Waals surface area contributed by atoms with Gasteiger partial charge >= 0.3 is 0 Å². The molecule has 2 unspecified atom stereocenters. The lowest BCUT2D eigenvalue weighted by atomic mass is 9.72. The van der Waals surface area contributed by atoms with Gasteiger partial charge in [-0.2, -0.15) is 0 Å². The molecule has 0 saturated heterocycles. The number of imidazole rings is 1. The lowest BCUT2D eigenvalue weighted by Gasteiger charge is -2.28. The number of ketones is 2. The second kappa shape index (κ2) is 5.82. The van der Waals surface area contributed by atoms with Gasteiger partial charge in [-0.05, 0) is 24.3 Å². The second-order valence-corrected chi connectivity index (χ2v) is 6.82. The lowest BCUT2D eigenvalue weighted by molar-refractivity contribution is -0.384. The summed E-state index contributed by atoms with van der Waals surface area (Å²) in [6.45, 7) is 0. The maximum atomic E-state index is 13.1. The number of non-ortho nitro benzene ring substituents is 1. The third-order valence-corrected chi connectivity index (χ3v) is 5.26. The van der Waals surface area contributed by atoms with Gasteiger partial charge in [0.15, 0.2) is 11.6 Å². The Kier molecular flexibility index (Phi) is 3.39. The van der Waals surface area contributed by atoms with Gasteiger partial charge < -0.3 is 4.98 Å². The molecule has 2 aliphatic rings. The van der Waals surface area contributed by atoms with Gasteiger partial charge in [-0.3, -0.25) is 19.7 Å². The molecule has 3 aromatic rings. The molecule has 0 aliphatic heterocycles. The molecule has 1 heterocycles. The molecule has 0 radical (unpaired) electrons. The van der Waals surface area contributed by atoms with E-state index in [1.54, 1.807) is 48.6 Å². The number of benzene rings is 2. The van der Waals surface area contributed by atoms with Crippen LogP contribution in [0.4, 0.5) is 5.69 Å². The minimum absolute atomic E-state index is 0.0128. The first-order valence-electron chi connectivity index (χ1n) is 8.75. The number of hydrogen-bond acceptors (Lipinski definition) is 5. The Balaban J connectivity index is 1.66. The minimum Gasteiger partial charge on any atom is -0.338 e. The molecule has 7 nitrogen and oxygen atoms in total. The van der Waals surface area contributed by atoms with Crippen molar-refractivity contribution in [3.05, 3.63) is 81.9 Å². The van der Waals surface area contributed by atoms with Gasteiger partial charge in [0.1, 0.15) is 11.3 Å². The van der Waals surface area contributed by atoms with Crippen molar-refractivity contribution in [2.45, 2.75) is 0 Å². The number of nitrogens with one attached hydrogen (secondary N) is 1. The molecular formula is C21H13N3O4. The van der Waals surface area contributed by atoms with Crippen LogP contribution in [0.2, 0.25) is 0 Å². The molecule has 7 heteroatoms. The second-order valence-electron chi connectivity index (χ2n) is 6.82. The quantitative estimate of drug-likeness (QED) is 0.543. The van der Waals surface area contributed by atoms with Crippen LogP contribution in [0.25, 0.3) is 22.4 Å². The van der Waals surface area contributed by atoms with E-state index >= 15 is 0 Å². The molecule has 0 saturated carbocycles. The fraction of sp³-hybridized carbons (Fsp3) is 0.0952. The molecule has 2 aromatic carbocycles. The molecule has 2 aliphatic carbocycles. The van der Waals surface area contributed by atoms with E-state index in [-0.39, 0.29) is 17.3 Å². The van der Waals surface area contributed by atoms with E-state index in [0.717, 1.165) is 0 Å². The van der Waals surface area contributed by atoms with Crippen LogP contribution in [0.15, 0.2) is 60.7 Å². The average molecular weight is 371 g/mol. The van der Waals surface area contributed by atoms with Gasteiger partial charge in [0.05, 0.1) is 27.8 Å². The zero-order valence-electron chi connectivity index (χ0n) is 14.5. The summed E-state index contributed by atoms with van der Waals surface area (Å²) < 4.78 is 0. The number of rotatable bonds is 2. The molecule has 0 bridgehead atoms. The normalized spacial score (nSPS) is 20.3. The minimum atomic E-state index is -0.505. The van der Waals surface area contributed by atoms with E-state index in [9.17, 15) is 19.7 Å². The van der Waals surface area contributed by atoms with E-state index in [0.29, 0.717) is 33.5 Å².